The van der Waals surface area contributed by atoms with E-state index >= 15 is 0 Å². The Labute approximate surface area is 207 Å². The van der Waals surface area contributed by atoms with Crippen molar-refractivity contribution in [1.29, 1.82) is 0 Å². The van der Waals surface area contributed by atoms with E-state index in [-0.39, 0.29) is 13.1 Å². The number of halogens is 2. The topological polar surface area (TPSA) is 37.6 Å². The number of pyridine rings is 1. The van der Waals surface area contributed by atoms with Crippen molar-refractivity contribution in [1.82, 2.24) is 4.98 Å². The molecule has 0 aliphatic heterocycles. The molecule has 5 aromatic rings. The molecule has 4 aromatic carbocycles. The maximum atomic E-state index is 4.76. The predicted molar refractivity (Wildman–Crippen MR) is 138 cm³/mol. The van der Waals surface area contributed by atoms with Gasteiger partial charge < -0.3 is 0 Å². The van der Waals surface area contributed by atoms with Gasteiger partial charge in [-0.25, -0.2) is 4.98 Å². The van der Waals surface area contributed by atoms with E-state index in [0.29, 0.717) is 0 Å². The molecule has 0 spiro atoms. The van der Waals surface area contributed by atoms with Crippen LogP contribution in [0.3, 0.4) is 0 Å². The molecule has 1 aromatic heterocycles. The Morgan fingerprint density at radius 1 is 0.545 bits per heavy atom. The minimum absolute atomic E-state index is 0.194. The van der Waals surface area contributed by atoms with Gasteiger partial charge in [0.15, 0.2) is 0 Å². The number of aliphatic imine (C=N–C) groups is 2. The Bertz CT molecular complexity index is 1320. The summed E-state index contributed by atoms with van der Waals surface area (Å²) < 4.78 is 0. The van der Waals surface area contributed by atoms with Crippen LogP contribution < -0.4 is 0 Å². The van der Waals surface area contributed by atoms with Gasteiger partial charge in [-0.2, -0.15) is 0 Å². The van der Waals surface area contributed by atoms with Gasteiger partial charge in [-0.05, 0) is 35.0 Å². The molecule has 0 fully saturated rings. The van der Waals surface area contributed by atoms with Crippen molar-refractivity contribution in [2.24, 2.45) is 9.98 Å². The molecule has 0 aliphatic rings. The van der Waals surface area contributed by atoms with Crippen LogP contribution in [-0.4, -0.2) is 17.4 Å². The Balaban J connectivity index is 0.000000821. The van der Waals surface area contributed by atoms with Crippen molar-refractivity contribution >= 4 is 65.5 Å². The van der Waals surface area contributed by atoms with Crippen molar-refractivity contribution in [2.45, 2.75) is 0 Å². The Morgan fingerprint density at radius 3 is 1.42 bits per heavy atom. The second-order valence-electron chi connectivity index (χ2n) is 7.05. The zero-order valence-corrected chi connectivity index (χ0v) is 20.0. The van der Waals surface area contributed by atoms with Crippen molar-refractivity contribution < 1.29 is 13.1 Å². The molecule has 1 heterocycles. The van der Waals surface area contributed by atoms with Crippen molar-refractivity contribution in [2.75, 3.05) is 0 Å². The summed E-state index contributed by atoms with van der Waals surface area (Å²) in [5, 5.41) is 4.61. The van der Waals surface area contributed by atoms with Gasteiger partial charge in [-0.3, -0.25) is 9.98 Å². The van der Waals surface area contributed by atoms with Crippen LogP contribution in [0.25, 0.3) is 21.5 Å². The molecule has 6 heteroatoms. The van der Waals surface area contributed by atoms with Crippen molar-refractivity contribution in [3.63, 3.8) is 0 Å². The van der Waals surface area contributed by atoms with E-state index in [1.165, 1.54) is 10.8 Å². The third kappa shape index (κ3) is 6.07. The number of rotatable bonds is 4. The molecule has 0 N–H and O–H groups in total. The Morgan fingerprint density at radius 2 is 0.939 bits per heavy atom. The van der Waals surface area contributed by atoms with Gasteiger partial charge in [0.25, 0.3) is 0 Å². The summed E-state index contributed by atoms with van der Waals surface area (Å²) in [4.78, 5) is 14.0. The van der Waals surface area contributed by atoms with E-state index < -0.39 is 0 Å². The fraction of sp³-hybridized carbons (Fsp3) is 0. The summed E-state index contributed by atoms with van der Waals surface area (Å²) in [6.45, 7) is 0. The first-order valence-corrected chi connectivity index (χ1v) is 13.2. The molecule has 0 saturated carbocycles. The molecule has 0 atom stereocenters. The summed E-state index contributed by atoms with van der Waals surface area (Å²) in [5.41, 5.74) is 3.46. The Kier molecular flexibility index (Phi) is 8.24. The van der Waals surface area contributed by atoms with E-state index in [2.05, 4.69) is 51.4 Å². The first-order chi connectivity index (χ1) is 16.3. The summed E-state index contributed by atoms with van der Waals surface area (Å²) in [6, 6.07) is 34.6. The number of fused-ring (bicyclic) bond motifs is 2. The monoisotopic (exact) mass is 511 g/mol. The molecule has 3 nitrogen and oxygen atoms in total. The summed E-state index contributed by atoms with van der Waals surface area (Å²) in [7, 11) is 9.53. The zero-order valence-electron chi connectivity index (χ0n) is 17.4. The zero-order chi connectivity index (χ0) is 22.9. The van der Waals surface area contributed by atoms with Gasteiger partial charge in [0.1, 0.15) is 0 Å². The van der Waals surface area contributed by atoms with E-state index in [4.69, 9.17) is 20.2 Å². The molecule has 164 valence electrons. The number of aromatic nitrogens is 1. The van der Waals surface area contributed by atoms with Gasteiger partial charge in [0.05, 0.1) is 35.2 Å². The van der Waals surface area contributed by atoms with Gasteiger partial charge in [-0.15, -0.1) is 0 Å². The summed E-state index contributed by atoms with van der Waals surface area (Å²) in [6.07, 6.45) is 3.61. The van der Waals surface area contributed by atoms with E-state index in [1.807, 2.05) is 66.7 Å². The minimum atomic E-state index is 0.194. The Hall–Kier alpha value is -3.01. The van der Waals surface area contributed by atoms with E-state index in [1.54, 1.807) is 12.4 Å². The first kappa shape index (κ1) is 23.2. The molecule has 33 heavy (non-hydrogen) atoms. The van der Waals surface area contributed by atoms with Crippen LogP contribution in [0.5, 0.6) is 0 Å². The number of nitrogens with zero attached hydrogens (tertiary/aromatic N) is 3. The first-order valence-electron chi connectivity index (χ1n) is 10.1. The average molecular weight is 512 g/mol. The van der Waals surface area contributed by atoms with Crippen LogP contribution in [0.4, 0.5) is 11.4 Å². The second-order valence-corrected chi connectivity index (χ2v) is 8.87. The van der Waals surface area contributed by atoms with Gasteiger partial charge in [0.2, 0.25) is 0 Å². The number of benzene rings is 4. The summed E-state index contributed by atoms with van der Waals surface area (Å²) >= 11 is 0.194. The van der Waals surface area contributed by atoms with Crippen molar-refractivity contribution in [3.05, 3.63) is 115 Å². The average Bonchev–Trinajstić information content (AvgIpc) is 2.87. The standard InChI is InChI=1S/C27H19N3.2ClH.Fe/c1-3-14-24-20(8-1)10-5-16-26(24)28-18-22-12-7-13-23(30-22)19-29-27-17-6-11-21-9-2-4-15-25(21)27;;;/h1-19H;2*1H;/q;;;+2/p-2. The molecular weight excluding hydrogens is 493 g/mol. The van der Waals surface area contributed by atoms with Crippen molar-refractivity contribution in [3.8, 4) is 0 Å². The molecule has 0 unspecified atom stereocenters. The SMILES string of the molecule is C(=Nc1cccc2ccccc12)c1cccc(C=Nc2cccc3ccccc23)n1.[Cl][Fe][Cl]. The van der Waals surface area contributed by atoms with E-state index in [0.717, 1.165) is 33.5 Å². The molecule has 0 bridgehead atoms. The van der Waals surface area contributed by atoms with Crippen LogP contribution in [0, 0.1) is 0 Å². The molecular formula is C27H19Cl2FeN3. The van der Waals surface area contributed by atoms with Gasteiger partial charge in [-0.1, -0.05) is 78.9 Å². The third-order valence-electron chi connectivity index (χ3n) is 5.00. The van der Waals surface area contributed by atoms with Gasteiger partial charge in [0, 0.05) is 10.8 Å². The van der Waals surface area contributed by atoms with Gasteiger partial charge >= 0.3 is 33.3 Å². The normalized spacial score (nSPS) is 11.3. The number of hydrogen-bond donors (Lipinski definition) is 0. The summed E-state index contributed by atoms with van der Waals surface area (Å²) in [5.74, 6) is 0. The van der Waals surface area contributed by atoms with Crippen LogP contribution >= 0.6 is 20.2 Å². The van der Waals surface area contributed by atoms with Crippen LogP contribution in [-0.2, 0) is 13.1 Å². The molecule has 0 saturated heterocycles. The maximum absolute atomic E-state index is 4.76. The molecule has 0 aliphatic carbocycles. The second kappa shape index (κ2) is 11.7. The fourth-order valence-corrected chi connectivity index (χ4v) is 3.53. The number of hydrogen-bond acceptors (Lipinski definition) is 3. The molecule has 0 amide bonds. The molecule has 5 rings (SSSR count). The molecule has 0 radical (unpaired) electrons. The third-order valence-corrected chi connectivity index (χ3v) is 5.00. The predicted octanol–water partition coefficient (Wildman–Crippen LogP) is 8.27. The van der Waals surface area contributed by atoms with Crippen LogP contribution in [0.15, 0.2) is 113 Å². The van der Waals surface area contributed by atoms with E-state index in [9.17, 15) is 0 Å². The van der Waals surface area contributed by atoms with Crippen LogP contribution in [0.2, 0.25) is 0 Å². The quantitative estimate of drug-likeness (QED) is 0.177. The fourth-order valence-electron chi connectivity index (χ4n) is 3.53. The van der Waals surface area contributed by atoms with Crippen LogP contribution in [0.1, 0.15) is 11.4 Å².